The topological polar surface area (TPSA) is 166 Å². The van der Waals surface area contributed by atoms with Crippen molar-refractivity contribution in [1.82, 2.24) is 15.5 Å². The van der Waals surface area contributed by atoms with E-state index < -0.39 is 47.3 Å². The van der Waals surface area contributed by atoms with Crippen LogP contribution < -0.4 is 16.4 Å². The largest absolute Gasteiger partial charge is 0.481 e. The number of rotatable bonds is 10. The first-order valence-corrected chi connectivity index (χ1v) is 11.0. The number of carbonyl (C=O) groups excluding carboxylic acids is 3. The Hall–Kier alpha value is -4.35. The van der Waals surface area contributed by atoms with Gasteiger partial charge in [0.25, 0.3) is 5.91 Å². The third-order valence-corrected chi connectivity index (χ3v) is 5.96. The average molecular weight is 501 g/mol. The number of carboxylic acid groups (broad SMARTS) is 1. The lowest BCUT2D eigenvalue weighted by molar-refractivity contribution is -0.157. The van der Waals surface area contributed by atoms with Crippen LogP contribution in [0.2, 0.25) is 0 Å². The van der Waals surface area contributed by atoms with E-state index in [2.05, 4.69) is 10.6 Å². The van der Waals surface area contributed by atoms with Crippen molar-refractivity contribution in [3.63, 3.8) is 0 Å². The summed E-state index contributed by atoms with van der Waals surface area (Å²) in [5, 5.41) is 22.1. The molecule has 1 heterocycles. The molecule has 10 nitrogen and oxygen atoms in total. The molecule has 190 valence electrons. The number of nitrogens with one attached hydrogen (secondary N) is 3. The Labute approximate surface area is 205 Å². The Morgan fingerprint density at radius 3 is 2.42 bits per heavy atom. The molecule has 0 bridgehead atoms. The second kappa shape index (κ2) is 10.9. The Bertz CT molecular complexity index is 1200. The van der Waals surface area contributed by atoms with E-state index >= 15 is 0 Å². The van der Waals surface area contributed by atoms with Gasteiger partial charge in [0.1, 0.15) is 17.5 Å². The van der Waals surface area contributed by atoms with Crippen molar-refractivity contribution in [2.75, 3.05) is 19.6 Å². The van der Waals surface area contributed by atoms with E-state index in [1.807, 2.05) is 0 Å². The van der Waals surface area contributed by atoms with E-state index in [-0.39, 0.29) is 43.9 Å². The molecule has 0 aromatic heterocycles. The predicted octanol–water partition coefficient (Wildman–Crippen LogP) is 1.09. The Morgan fingerprint density at radius 2 is 1.81 bits per heavy atom. The minimum atomic E-state index is -1.80. The Kier molecular flexibility index (Phi) is 7.97. The number of nitrogens with two attached hydrogens (primary N) is 1. The van der Waals surface area contributed by atoms with Crippen molar-refractivity contribution in [2.24, 2.45) is 5.73 Å². The molecule has 6 N–H and O–H groups in total. The number of amides is 3. The van der Waals surface area contributed by atoms with Gasteiger partial charge < -0.3 is 26.4 Å². The summed E-state index contributed by atoms with van der Waals surface area (Å²) in [6, 6.07) is 8.61. The Balaban J connectivity index is 1.85. The van der Waals surface area contributed by atoms with Crippen LogP contribution >= 0.6 is 0 Å². The molecule has 1 atom stereocenters. The third-order valence-electron chi connectivity index (χ3n) is 5.96. The number of hydrogen-bond donors (Lipinski definition) is 5. The van der Waals surface area contributed by atoms with Gasteiger partial charge in [0.2, 0.25) is 0 Å². The molecule has 36 heavy (non-hydrogen) atoms. The highest BCUT2D eigenvalue weighted by atomic mass is 19.1. The fourth-order valence-corrected chi connectivity index (χ4v) is 4.29. The third kappa shape index (κ3) is 5.65. The molecule has 3 rings (SSSR count). The molecule has 1 unspecified atom stereocenters. The zero-order valence-electron chi connectivity index (χ0n) is 19.1. The molecule has 0 aliphatic carbocycles. The van der Waals surface area contributed by atoms with Gasteiger partial charge in [-0.25, -0.2) is 8.78 Å². The molecule has 12 heteroatoms. The second-order valence-corrected chi connectivity index (χ2v) is 8.29. The molecule has 1 aliphatic rings. The maximum absolute atomic E-state index is 15.0. The number of piperazine rings is 1. The minimum Gasteiger partial charge on any atom is -0.481 e. The number of nitrogens with zero attached hydrogens (tertiary/aromatic N) is 1. The van der Waals surface area contributed by atoms with Crippen molar-refractivity contribution in [2.45, 2.75) is 24.8 Å². The molecular weight excluding hydrogens is 476 g/mol. The lowest BCUT2D eigenvalue weighted by Gasteiger charge is -2.45. The minimum absolute atomic E-state index is 0.0295. The lowest BCUT2D eigenvalue weighted by Crippen LogP contribution is -2.61. The number of halogens is 2. The van der Waals surface area contributed by atoms with Crippen LogP contribution in [0.1, 0.15) is 40.7 Å². The zero-order chi connectivity index (χ0) is 26.5. The van der Waals surface area contributed by atoms with Gasteiger partial charge in [-0.15, -0.1) is 0 Å². The number of hydrogen-bond acceptors (Lipinski definition) is 5. The summed E-state index contributed by atoms with van der Waals surface area (Å²) in [6.07, 6.45) is -0.772. The highest BCUT2D eigenvalue weighted by Gasteiger charge is 2.47. The van der Waals surface area contributed by atoms with Gasteiger partial charge in [0.15, 0.2) is 0 Å². The summed E-state index contributed by atoms with van der Waals surface area (Å²) in [5.74, 6) is -5.87. The van der Waals surface area contributed by atoms with Gasteiger partial charge in [-0.1, -0.05) is 18.2 Å². The summed E-state index contributed by atoms with van der Waals surface area (Å²) in [4.78, 5) is 50.2. The van der Waals surface area contributed by atoms with Crippen molar-refractivity contribution in [3.05, 3.63) is 70.8 Å². The van der Waals surface area contributed by atoms with Gasteiger partial charge in [0, 0.05) is 42.4 Å². The van der Waals surface area contributed by atoms with Crippen LogP contribution in [-0.4, -0.2) is 59.2 Å². The van der Waals surface area contributed by atoms with Gasteiger partial charge in [-0.3, -0.25) is 24.6 Å². The molecule has 1 fully saturated rings. The second-order valence-electron chi connectivity index (χ2n) is 8.29. The standard InChI is InChI=1S/C24H25F2N5O5/c25-16-6-7-17(18(26)12-16)24(13-19(32)33,31-11-10-30-22(35)23(31)36)8-1-9-29-21(34)15-4-2-14(3-5-15)20(27)28/h2-7,12H,1,8-11,13H2,(H3,27,28)(H,29,34)(H,30,35)(H,32,33). The van der Waals surface area contributed by atoms with E-state index in [9.17, 15) is 33.1 Å². The van der Waals surface area contributed by atoms with Crippen LogP contribution in [0.5, 0.6) is 0 Å². The lowest BCUT2D eigenvalue weighted by atomic mass is 9.79. The molecule has 0 radical (unpaired) electrons. The van der Waals surface area contributed by atoms with Gasteiger partial charge in [0.05, 0.1) is 12.0 Å². The molecule has 1 saturated heterocycles. The Morgan fingerprint density at radius 1 is 1.14 bits per heavy atom. The summed E-state index contributed by atoms with van der Waals surface area (Å²) in [6.45, 7) is -0.0169. The van der Waals surface area contributed by atoms with Gasteiger partial charge in [-0.05, 0) is 31.0 Å². The highest BCUT2D eigenvalue weighted by Crippen LogP contribution is 2.39. The van der Waals surface area contributed by atoms with Gasteiger partial charge in [-0.2, -0.15) is 0 Å². The van der Waals surface area contributed by atoms with Crippen LogP contribution in [-0.2, 0) is 19.9 Å². The van der Waals surface area contributed by atoms with E-state index in [0.29, 0.717) is 17.2 Å². The molecule has 2 aromatic rings. The fraction of sp³-hybridized carbons (Fsp3) is 0.292. The number of benzene rings is 2. The predicted molar refractivity (Wildman–Crippen MR) is 124 cm³/mol. The van der Waals surface area contributed by atoms with Crippen LogP contribution in [0, 0.1) is 17.0 Å². The van der Waals surface area contributed by atoms with E-state index in [1.54, 1.807) is 0 Å². The van der Waals surface area contributed by atoms with Gasteiger partial charge >= 0.3 is 17.8 Å². The maximum Gasteiger partial charge on any atom is 0.312 e. The maximum atomic E-state index is 15.0. The molecular formula is C24H25F2N5O5. The number of carbonyl (C=O) groups is 4. The first-order valence-electron chi connectivity index (χ1n) is 11.0. The van der Waals surface area contributed by atoms with Crippen LogP contribution in [0.4, 0.5) is 8.78 Å². The SMILES string of the molecule is N=C(N)c1ccc(C(=O)NCCCC(CC(=O)O)(c2ccc(F)cc2F)N2CCNC(=O)C2=O)cc1. The quantitative estimate of drug-likeness (QED) is 0.141. The van der Waals surface area contributed by atoms with Crippen molar-refractivity contribution < 1.29 is 33.1 Å². The summed E-state index contributed by atoms with van der Waals surface area (Å²) in [7, 11) is 0. The number of amidine groups is 1. The smallest absolute Gasteiger partial charge is 0.312 e. The van der Waals surface area contributed by atoms with E-state index in [4.69, 9.17) is 11.1 Å². The van der Waals surface area contributed by atoms with Crippen molar-refractivity contribution in [3.8, 4) is 0 Å². The molecule has 1 aliphatic heterocycles. The number of nitrogen functional groups attached to an aromatic ring is 1. The summed E-state index contributed by atoms with van der Waals surface area (Å²) in [5.41, 5.74) is 4.11. The molecule has 3 amide bonds. The fourth-order valence-electron chi connectivity index (χ4n) is 4.29. The van der Waals surface area contributed by atoms with Crippen molar-refractivity contribution >= 4 is 29.5 Å². The van der Waals surface area contributed by atoms with Crippen molar-refractivity contribution in [1.29, 1.82) is 5.41 Å². The zero-order valence-corrected chi connectivity index (χ0v) is 19.1. The van der Waals surface area contributed by atoms with Crippen LogP contribution in [0.3, 0.4) is 0 Å². The monoisotopic (exact) mass is 501 g/mol. The van der Waals surface area contributed by atoms with E-state index in [1.165, 1.54) is 24.3 Å². The summed E-state index contributed by atoms with van der Waals surface area (Å²) < 4.78 is 28.6. The number of carboxylic acids is 1. The number of aliphatic carboxylic acids is 1. The van der Waals surface area contributed by atoms with Crippen LogP contribution in [0.25, 0.3) is 0 Å². The summed E-state index contributed by atoms with van der Waals surface area (Å²) >= 11 is 0. The normalized spacial score (nSPS) is 15.1. The average Bonchev–Trinajstić information content (AvgIpc) is 2.82. The van der Waals surface area contributed by atoms with E-state index in [0.717, 1.165) is 17.0 Å². The molecule has 0 spiro atoms. The highest BCUT2D eigenvalue weighted by molar-refractivity contribution is 6.35. The first kappa shape index (κ1) is 26.3. The molecule has 2 aromatic carbocycles. The van der Waals surface area contributed by atoms with Crippen LogP contribution in [0.15, 0.2) is 42.5 Å². The first-order chi connectivity index (χ1) is 17.0. The molecule has 0 saturated carbocycles.